The monoisotopic (exact) mass is 234 g/mol. The van der Waals surface area contributed by atoms with Crippen molar-refractivity contribution in [2.24, 2.45) is 11.7 Å². The van der Waals surface area contributed by atoms with Crippen molar-refractivity contribution in [2.45, 2.75) is 6.42 Å². The Kier molecular flexibility index (Phi) is 3.28. The standard InChI is InChI=1S/C12H18N4O/c1-15(2)12-10(4-3-5-14-12)16-8-9(7-13)6-11(16)17/h3-5,9H,6-8,13H2,1-2H3. The smallest absolute Gasteiger partial charge is 0.227 e. The first-order valence-corrected chi connectivity index (χ1v) is 5.76. The van der Waals surface area contributed by atoms with E-state index in [2.05, 4.69) is 4.98 Å². The summed E-state index contributed by atoms with van der Waals surface area (Å²) in [6, 6.07) is 3.78. The number of hydrogen-bond donors (Lipinski definition) is 1. The molecule has 1 atom stereocenters. The molecule has 0 aromatic carbocycles. The highest BCUT2D eigenvalue weighted by molar-refractivity contribution is 5.98. The van der Waals surface area contributed by atoms with Gasteiger partial charge in [0.15, 0.2) is 5.82 Å². The van der Waals surface area contributed by atoms with E-state index in [9.17, 15) is 4.79 Å². The van der Waals surface area contributed by atoms with E-state index in [4.69, 9.17) is 5.73 Å². The van der Waals surface area contributed by atoms with Crippen LogP contribution < -0.4 is 15.5 Å². The molecule has 0 spiro atoms. The van der Waals surface area contributed by atoms with Gasteiger partial charge in [-0.05, 0) is 24.6 Å². The average Bonchev–Trinajstić information content (AvgIpc) is 2.70. The molecule has 5 nitrogen and oxygen atoms in total. The fourth-order valence-electron chi connectivity index (χ4n) is 2.12. The third kappa shape index (κ3) is 2.24. The molecule has 2 rings (SSSR count). The van der Waals surface area contributed by atoms with E-state index in [1.807, 2.05) is 31.1 Å². The van der Waals surface area contributed by atoms with Crippen molar-refractivity contribution in [1.82, 2.24) is 4.98 Å². The molecule has 2 heterocycles. The van der Waals surface area contributed by atoms with Crippen molar-refractivity contribution < 1.29 is 4.79 Å². The van der Waals surface area contributed by atoms with Crippen molar-refractivity contribution in [3.63, 3.8) is 0 Å². The van der Waals surface area contributed by atoms with E-state index in [0.29, 0.717) is 19.5 Å². The summed E-state index contributed by atoms with van der Waals surface area (Å²) in [6.45, 7) is 1.25. The van der Waals surface area contributed by atoms with Gasteiger partial charge in [0.05, 0.1) is 5.69 Å². The van der Waals surface area contributed by atoms with Gasteiger partial charge in [0.1, 0.15) is 0 Å². The second kappa shape index (κ2) is 4.71. The number of nitrogens with zero attached hydrogens (tertiary/aromatic N) is 3. The van der Waals surface area contributed by atoms with Crippen LogP contribution in [-0.4, -0.2) is 38.1 Å². The Labute approximate surface area is 101 Å². The molecule has 1 unspecified atom stereocenters. The highest BCUT2D eigenvalue weighted by atomic mass is 16.2. The first-order chi connectivity index (χ1) is 8.13. The SMILES string of the molecule is CN(C)c1ncccc1N1CC(CN)CC1=O. The Bertz CT molecular complexity index is 419. The highest BCUT2D eigenvalue weighted by Crippen LogP contribution is 2.30. The molecule has 1 aliphatic heterocycles. The van der Waals surface area contributed by atoms with Gasteiger partial charge in [0.2, 0.25) is 5.91 Å². The summed E-state index contributed by atoms with van der Waals surface area (Å²) in [5, 5.41) is 0. The number of amides is 1. The Hall–Kier alpha value is -1.62. The maximum absolute atomic E-state index is 11.9. The van der Waals surface area contributed by atoms with Crippen LogP contribution in [0.3, 0.4) is 0 Å². The van der Waals surface area contributed by atoms with Gasteiger partial charge in [-0.3, -0.25) is 4.79 Å². The molecule has 17 heavy (non-hydrogen) atoms. The van der Waals surface area contributed by atoms with E-state index in [0.717, 1.165) is 11.5 Å². The van der Waals surface area contributed by atoms with Crippen molar-refractivity contribution in [3.05, 3.63) is 18.3 Å². The predicted octanol–water partition coefficient (Wildman–Crippen LogP) is 0.459. The van der Waals surface area contributed by atoms with Crippen molar-refractivity contribution in [3.8, 4) is 0 Å². The molecule has 1 saturated heterocycles. The summed E-state index contributed by atoms with van der Waals surface area (Å²) in [6.07, 6.45) is 2.28. The minimum atomic E-state index is 0.136. The van der Waals surface area contributed by atoms with Crippen LogP contribution in [0.5, 0.6) is 0 Å². The predicted molar refractivity (Wildman–Crippen MR) is 68.1 cm³/mol. The highest BCUT2D eigenvalue weighted by Gasteiger charge is 2.31. The minimum absolute atomic E-state index is 0.136. The molecular weight excluding hydrogens is 216 g/mol. The third-order valence-electron chi connectivity index (χ3n) is 3.02. The minimum Gasteiger partial charge on any atom is -0.361 e. The second-order valence-electron chi connectivity index (χ2n) is 4.55. The number of carbonyl (C=O) groups is 1. The molecule has 1 amide bonds. The van der Waals surface area contributed by atoms with Crippen molar-refractivity contribution in [1.29, 1.82) is 0 Å². The quantitative estimate of drug-likeness (QED) is 0.825. The van der Waals surface area contributed by atoms with Crippen LogP contribution in [0, 0.1) is 5.92 Å². The molecule has 1 aromatic rings. The molecule has 1 aromatic heterocycles. The Morgan fingerprint density at radius 1 is 1.59 bits per heavy atom. The lowest BCUT2D eigenvalue weighted by atomic mass is 10.1. The van der Waals surface area contributed by atoms with E-state index in [-0.39, 0.29) is 11.8 Å². The van der Waals surface area contributed by atoms with Crippen molar-refractivity contribution >= 4 is 17.4 Å². The normalized spacial score (nSPS) is 19.8. The molecular formula is C12H18N4O. The largest absolute Gasteiger partial charge is 0.361 e. The fourth-order valence-corrected chi connectivity index (χ4v) is 2.12. The van der Waals surface area contributed by atoms with Crippen LogP contribution in [0.1, 0.15) is 6.42 Å². The van der Waals surface area contributed by atoms with Crippen LogP contribution in [-0.2, 0) is 4.79 Å². The van der Waals surface area contributed by atoms with Gasteiger partial charge in [-0.1, -0.05) is 0 Å². The number of nitrogens with two attached hydrogens (primary N) is 1. The Morgan fingerprint density at radius 3 is 2.94 bits per heavy atom. The van der Waals surface area contributed by atoms with Gasteiger partial charge in [0.25, 0.3) is 0 Å². The molecule has 5 heteroatoms. The number of anilines is 2. The zero-order valence-electron chi connectivity index (χ0n) is 10.3. The maximum atomic E-state index is 11.9. The zero-order chi connectivity index (χ0) is 12.4. The second-order valence-corrected chi connectivity index (χ2v) is 4.55. The number of aromatic nitrogens is 1. The van der Waals surface area contributed by atoms with Gasteiger partial charge in [-0.2, -0.15) is 0 Å². The number of rotatable bonds is 3. The van der Waals surface area contributed by atoms with Gasteiger partial charge in [-0.25, -0.2) is 4.98 Å². The maximum Gasteiger partial charge on any atom is 0.227 e. The Morgan fingerprint density at radius 2 is 2.35 bits per heavy atom. The van der Waals surface area contributed by atoms with Gasteiger partial charge in [0, 0.05) is 33.3 Å². The van der Waals surface area contributed by atoms with Gasteiger partial charge < -0.3 is 15.5 Å². The number of carbonyl (C=O) groups excluding carboxylic acids is 1. The summed E-state index contributed by atoms with van der Waals surface area (Å²) >= 11 is 0. The van der Waals surface area contributed by atoms with Gasteiger partial charge >= 0.3 is 0 Å². The molecule has 0 bridgehead atoms. The molecule has 1 aliphatic rings. The van der Waals surface area contributed by atoms with Crippen molar-refractivity contribution in [2.75, 3.05) is 37.0 Å². The zero-order valence-corrected chi connectivity index (χ0v) is 10.3. The van der Waals surface area contributed by atoms with Crippen LogP contribution in [0.4, 0.5) is 11.5 Å². The van der Waals surface area contributed by atoms with Crippen LogP contribution in [0.2, 0.25) is 0 Å². The summed E-state index contributed by atoms with van der Waals surface area (Å²) in [7, 11) is 3.85. The van der Waals surface area contributed by atoms with E-state index in [1.165, 1.54) is 0 Å². The summed E-state index contributed by atoms with van der Waals surface area (Å²) < 4.78 is 0. The molecule has 1 fully saturated rings. The van der Waals surface area contributed by atoms with Gasteiger partial charge in [-0.15, -0.1) is 0 Å². The lowest BCUT2D eigenvalue weighted by molar-refractivity contribution is -0.117. The number of hydrogen-bond acceptors (Lipinski definition) is 4. The summed E-state index contributed by atoms with van der Waals surface area (Å²) in [5.41, 5.74) is 6.50. The fraction of sp³-hybridized carbons (Fsp3) is 0.500. The number of pyridine rings is 1. The van der Waals surface area contributed by atoms with Crippen LogP contribution in [0.15, 0.2) is 18.3 Å². The molecule has 0 radical (unpaired) electrons. The van der Waals surface area contributed by atoms with E-state index >= 15 is 0 Å². The summed E-state index contributed by atoms with van der Waals surface area (Å²) in [4.78, 5) is 20.0. The first-order valence-electron chi connectivity index (χ1n) is 5.76. The first kappa shape index (κ1) is 11.9. The van der Waals surface area contributed by atoms with E-state index < -0.39 is 0 Å². The lowest BCUT2D eigenvalue weighted by Crippen LogP contribution is -2.28. The molecule has 0 saturated carbocycles. The lowest BCUT2D eigenvalue weighted by Gasteiger charge is -2.22. The topological polar surface area (TPSA) is 62.5 Å². The summed E-state index contributed by atoms with van der Waals surface area (Å²) in [5.74, 6) is 1.22. The molecule has 2 N–H and O–H groups in total. The average molecular weight is 234 g/mol. The third-order valence-corrected chi connectivity index (χ3v) is 3.02. The molecule has 92 valence electrons. The van der Waals surface area contributed by atoms with Crippen LogP contribution >= 0.6 is 0 Å². The Balaban J connectivity index is 2.31. The van der Waals surface area contributed by atoms with Crippen LogP contribution in [0.25, 0.3) is 0 Å². The molecule has 0 aliphatic carbocycles. The van der Waals surface area contributed by atoms with E-state index in [1.54, 1.807) is 11.1 Å².